The number of hydrogen-bond acceptors (Lipinski definition) is 6. The Labute approximate surface area is 153 Å². The van der Waals surface area contributed by atoms with Crippen molar-refractivity contribution in [3.05, 3.63) is 35.7 Å². The largest absolute Gasteiger partial charge is 0.486 e. The number of hydrogen-bond donors (Lipinski definition) is 1. The van der Waals surface area contributed by atoms with Crippen molar-refractivity contribution in [2.24, 2.45) is 0 Å². The van der Waals surface area contributed by atoms with Crippen molar-refractivity contribution in [2.45, 2.75) is 26.7 Å². The number of amides is 1. The van der Waals surface area contributed by atoms with Gasteiger partial charge in [0.05, 0.1) is 0 Å². The second-order valence-corrected chi connectivity index (χ2v) is 6.28. The molecule has 1 aromatic carbocycles. The number of fused-ring (bicyclic) bond motifs is 1. The van der Waals surface area contributed by atoms with Crippen LogP contribution in [0.2, 0.25) is 0 Å². The predicted molar refractivity (Wildman–Crippen MR) is 100 cm³/mol. The molecule has 0 saturated heterocycles. The summed E-state index contributed by atoms with van der Waals surface area (Å²) in [7, 11) is 1.94. The Morgan fingerprint density at radius 1 is 1.19 bits per heavy atom. The molecule has 26 heavy (non-hydrogen) atoms. The van der Waals surface area contributed by atoms with Crippen LogP contribution < -0.4 is 19.7 Å². The highest BCUT2D eigenvalue weighted by atomic mass is 16.6. The zero-order chi connectivity index (χ0) is 18.5. The highest BCUT2D eigenvalue weighted by Crippen LogP contribution is 2.32. The minimum atomic E-state index is -0.280. The van der Waals surface area contributed by atoms with Crippen molar-refractivity contribution in [3.63, 3.8) is 0 Å². The number of nitrogens with zero attached hydrogens (tertiary/aromatic N) is 3. The molecule has 2 aromatic rings. The Morgan fingerprint density at radius 2 is 1.96 bits per heavy atom. The van der Waals surface area contributed by atoms with E-state index in [9.17, 15) is 4.79 Å². The van der Waals surface area contributed by atoms with Crippen LogP contribution in [0.15, 0.2) is 24.3 Å². The number of benzene rings is 1. The van der Waals surface area contributed by atoms with Crippen LogP contribution >= 0.6 is 0 Å². The first kappa shape index (κ1) is 18.0. The lowest BCUT2D eigenvalue weighted by atomic mass is 10.2. The van der Waals surface area contributed by atoms with Gasteiger partial charge in [-0.05, 0) is 31.5 Å². The van der Waals surface area contributed by atoms with E-state index >= 15 is 0 Å². The SMILES string of the molecule is CCCCN(C)c1nc(C)cc(C(=O)Nc2ccc3c(c2)OCCO3)n1. The maximum Gasteiger partial charge on any atom is 0.274 e. The van der Waals surface area contributed by atoms with Crippen molar-refractivity contribution in [3.8, 4) is 11.5 Å². The van der Waals surface area contributed by atoms with Gasteiger partial charge in [-0.1, -0.05) is 13.3 Å². The third-order valence-corrected chi connectivity index (χ3v) is 4.06. The first-order chi connectivity index (χ1) is 12.6. The predicted octanol–water partition coefficient (Wildman–Crippen LogP) is 3.04. The lowest BCUT2D eigenvalue weighted by Gasteiger charge is -2.19. The number of carbonyl (C=O) groups is 1. The van der Waals surface area contributed by atoms with E-state index in [0.29, 0.717) is 42.0 Å². The van der Waals surface area contributed by atoms with E-state index in [4.69, 9.17) is 9.47 Å². The average Bonchev–Trinajstić information content (AvgIpc) is 2.65. The maximum atomic E-state index is 12.6. The summed E-state index contributed by atoms with van der Waals surface area (Å²) in [6, 6.07) is 7.02. The molecular formula is C19H24N4O3. The molecule has 0 aliphatic carbocycles. The molecular weight excluding hydrogens is 332 g/mol. The summed E-state index contributed by atoms with van der Waals surface area (Å²) in [5, 5.41) is 2.86. The molecule has 138 valence electrons. The van der Waals surface area contributed by atoms with Gasteiger partial charge in [0.2, 0.25) is 5.95 Å². The number of carbonyl (C=O) groups excluding carboxylic acids is 1. The Kier molecular flexibility index (Phi) is 5.55. The molecule has 7 heteroatoms. The van der Waals surface area contributed by atoms with Crippen LogP contribution in [0.25, 0.3) is 0 Å². The molecule has 3 rings (SSSR count). The normalized spacial score (nSPS) is 12.6. The van der Waals surface area contributed by atoms with Crippen LogP contribution in [0.3, 0.4) is 0 Å². The molecule has 0 radical (unpaired) electrons. The third kappa shape index (κ3) is 4.22. The quantitative estimate of drug-likeness (QED) is 0.857. The van der Waals surface area contributed by atoms with Gasteiger partial charge in [-0.2, -0.15) is 0 Å². The van der Waals surface area contributed by atoms with Crippen molar-refractivity contribution in [2.75, 3.05) is 37.0 Å². The first-order valence-electron chi connectivity index (χ1n) is 8.84. The van der Waals surface area contributed by atoms with Gasteiger partial charge in [0.1, 0.15) is 18.9 Å². The molecule has 1 aliphatic rings. The summed E-state index contributed by atoms with van der Waals surface area (Å²) in [5.41, 5.74) is 1.73. The highest BCUT2D eigenvalue weighted by Gasteiger charge is 2.16. The molecule has 1 aromatic heterocycles. The van der Waals surface area contributed by atoms with E-state index in [2.05, 4.69) is 22.2 Å². The van der Waals surface area contributed by atoms with Gasteiger partial charge >= 0.3 is 0 Å². The van der Waals surface area contributed by atoms with Gasteiger partial charge in [0.15, 0.2) is 11.5 Å². The van der Waals surface area contributed by atoms with E-state index in [1.165, 1.54) is 0 Å². The number of aryl methyl sites for hydroxylation is 1. The van der Waals surface area contributed by atoms with Crippen molar-refractivity contribution in [1.82, 2.24) is 9.97 Å². The molecule has 1 amide bonds. The zero-order valence-corrected chi connectivity index (χ0v) is 15.4. The smallest absolute Gasteiger partial charge is 0.274 e. The summed E-state index contributed by atoms with van der Waals surface area (Å²) in [5.74, 6) is 1.60. The molecule has 7 nitrogen and oxygen atoms in total. The average molecular weight is 356 g/mol. The molecule has 2 heterocycles. The minimum absolute atomic E-state index is 0.280. The summed E-state index contributed by atoms with van der Waals surface area (Å²) in [6.45, 7) is 5.89. The fraction of sp³-hybridized carbons (Fsp3) is 0.421. The van der Waals surface area contributed by atoms with E-state index in [1.54, 1.807) is 24.3 Å². The molecule has 0 atom stereocenters. The van der Waals surface area contributed by atoms with Crippen LogP contribution in [-0.2, 0) is 0 Å². The standard InChI is InChI=1S/C19H24N4O3/c1-4-5-8-23(3)19-20-13(2)11-15(22-19)18(24)21-14-6-7-16-17(12-14)26-10-9-25-16/h6-7,11-12H,4-5,8-10H2,1-3H3,(H,21,24). The van der Waals surface area contributed by atoms with Gasteiger partial charge in [0.25, 0.3) is 5.91 Å². The monoisotopic (exact) mass is 356 g/mol. The van der Waals surface area contributed by atoms with Gasteiger partial charge in [-0.15, -0.1) is 0 Å². The number of unbranched alkanes of at least 4 members (excludes halogenated alkanes) is 1. The van der Waals surface area contributed by atoms with Crippen LogP contribution in [0.1, 0.15) is 35.9 Å². The lowest BCUT2D eigenvalue weighted by Crippen LogP contribution is -2.23. The molecule has 0 saturated carbocycles. The van der Waals surface area contributed by atoms with E-state index in [0.717, 1.165) is 25.1 Å². The maximum absolute atomic E-state index is 12.6. The molecule has 0 unspecified atom stereocenters. The van der Waals surface area contributed by atoms with Crippen LogP contribution in [0.5, 0.6) is 11.5 Å². The van der Waals surface area contributed by atoms with E-state index < -0.39 is 0 Å². The topological polar surface area (TPSA) is 76.6 Å². The number of ether oxygens (including phenoxy) is 2. The van der Waals surface area contributed by atoms with E-state index in [-0.39, 0.29) is 5.91 Å². The van der Waals surface area contributed by atoms with Crippen LogP contribution in [0, 0.1) is 6.92 Å². The van der Waals surface area contributed by atoms with E-state index in [1.807, 2.05) is 18.9 Å². The number of rotatable bonds is 6. The minimum Gasteiger partial charge on any atom is -0.486 e. The molecule has 1 N–H and O–H groups in total. The first-order valence-corrected chi connectivity index (χ1v) is 8.84. The Hall–Kier alpha value is -2.83. The fourth-order valence-corrected chi connectivity index (χ4v) is 2.65. The van der Waals surface area contributed by atoms with Crippen LogP contribution in [0.4, 0.5) is 11.6 Å². The van der Waals surface area contributed by atoms with Crippen molar-refractivity contribution in [1.29, 1.82) is 0 Å². The zero-order valence-electron chi connectivity index (χ0n) is 15.4. The number of nitrogens with one attached hydrogen (secondary N) is 1. The second kappa shape index (κ2) is 8.03. The molecule has 0 fully saturated rings. The number of anilines is 2. The third-order valence-electron chi connectivity index (χ3n) is 4.06. The fourth-order valence-electron chi connectivity index (χ4n) is 2.65. The number of aromatic nitrogens is 2. The Balaban J connectivity index is 1.76. The van der Waals surface area contributed by atoms with Gasteiger partial charge in [-0.25, -0.2) is 9.97 Å². The van der Waals surface area contributed by atoms with Crippen molar-refractivity contribution < 1.29 is 14.3 Å². The summed E-state index contributed by atoms with van der Waals surface area (Å²) < 4.78 is 11.0. The Bertz CT molecular complexity index is 794. The molecule has 0 spiro atoms. The lowest BCUT2D eigenvalue weighted by molar-refractivity contribution is 0.102. The summed E-state index contributed by atoms with van der Waals surface area (Å²) >= 11 is 0. The highest BCUT2D eigenvalue weighted by molar-refractivity contribution is 6.03. The molecule has 0 bridgehead atoms. The van der Waals surface area contributed by atoms with Gasteiger partial charge in [-0.3, -0.25) is 4.79 Å². The van der Waals surface area contributed by atoms with Crippen LogP contribution in [-0.4, -0.2) is 42.7 Å². The Morgan fingerprint density at radius 3 is 2.73 bits per heavy atom. The van der Waals surface area contributed by atoms with Crippen molar-refractivity contribution >= 4 is 17.5 Å². The second-order valence-electron chi connectivity index (χ2n) is 6.28. The summed E-state index contributed by atoms with van der Waals surface area (Å²) in [4.78, 5) is 23.4. The van der Waals surface area contributed by atoms with Gasteiger partial charge in [0, 0.05) is 31.0 Å². The summed E-state index contributed by atoms with van der Waals surface area (Å²) in [6.07, 6.45) is 2.14. The molecule has 1 aliphatic heterocycles. The van der Waals surface area contributed by atoms with Gasteiger partial charge < -0.3 is 19.7 Å².